The van der Waals surface area contributed by atoms with Gasteiger partial charge in [0.15, 0.2) is 0 Å². The number of para-hydroxylation sites is 1. The van der Waals surface area contributed by atoms with Crippen molar-refractivity contribution in [2.24, 2.45) is 0 Å². The molecule has 2 aromatic rings. The minimum Gasteiger partial charge on any atom is -0.399 e. The van der Waals surface area contributed by atoms with Gasteiger partial charge in [-0.25, -0.2) is 4.39 Å². The number of amides is 1. The smallest absolute Gasteiger partial charge is 0.244 e. The Morgan fingerprint density at radius 3 is 2.62 bits per heavy atom. The van der Waals surface area contributed by atoms with Crippen molar-refractivity contribution in [2.45, 2.75) is 6.42 Å². The number of anilines is 1. The maximum absolute atomic E-state index is 13.4. The molecule has 0 aliphatic rings. The van der Waals surface area contributed by atoms with Crippen LogP contribution in [0.4, 0.5) is 10.1 Å². The summed E-state index contributed by atoms with van der Waals surface area (Å²) in [5.41, 5.74) is 7.92. The first kappa shape index (κ1) is 14.8. The highest BCUT2D eigenvalue weighted by Gasteiger charge is 2.00. The number of rotatable bonds is 5. The highest BCUT2D eigenvalue weighted by molar-refractivity contribution is 5.91. The number of halogens is 1. The Balaban J connectivity index is 1.83. The van der Waals surface area contributed by atoms with Crippen molar-refractivity contribution < 1.29 is 9.18 Å². The molecule has 0 spiro atoms. The molecule has 0 bridgehead atoms. The third-order valence-corrected chi connectivity index (χ3v) is 3.07. The molecule has 0 saturated carbocycles. The molecule has 0 saturated heterocycles. The van der Waals surface area contributed by atoms with Crippen LogP contribution in [0.1, 0.15) is 11.1 Å². The molecule has 0 atom stereocenters. The van der Waals surface area contributed by atoms with Crippen LogP contribution in [0.5, 0.6) is 0 Å². The zero-order valence-corrected chi connectivity index (χ0v) is 11.6. The van der Waals surface area contributed by atoms with Gasteiger partial charge in [-0.05, 0) is 30.2 Å². The molecule has 3 nitrogen and oxygen atoms in total. The summed E-state index contributed by atoms with van der Waals surface area (Å²) in [6.07, 6.45) is 3.44. The second-order valence-electron chi connectivity index (χ2n) is 4.59. The number of nitrogens with two attached hydrogens (primary N) is 1. The highest BCUT2D eigenvalue weighted by atomic mass is 19.1. The van der Waals surface area contributed by atoms with Gasteiger partial charge in [0.05, 0.1) is 0 Å². The molecule has 1 amide bonds. The van der Waals surface area contributed by atoms with Gasteiger partial charge in [0, 0.05) is 23.9 Å². The average molecular weight is 284 g/mol. The second-order valence-corrected chi connectivity index (χ2v) is 4.59. The maximum Gasteiger partial charge on any atom is 0.244 e. The third-order valence-electron chi connectivity index (χ3n) is 3.07. The molecular formula is C17H17FN2O. The van der Waals surface area contributed by atoms with Crippen LogP contribution in [0, 0.1) is 5.82 Å². The summed E-state index contributed by atoms with van der Waals surface area (Å²) in [5, 5.41) is 2.74. The van der Waals surface area contributed by atoms with Gasteiger partial charge in [0.2, 0.25) is 5.91 Å². The summed E-state index contributed by atoms with van der Waals surface area (Å²) >= 11 is 0. The van der Waals surface area contributed by atoms with Crippen molar-refractivity contribution in [2.75, 3.05) is 12.3 Å². The van der Waals surface area contributed by atoms with Crippen LogP contribution in [-0.4, -0.2) is 12.5 Å². The van der Waals surface area contributed by atoms with Crippen LogP contribution >= 0.6 is 0 Å². The lowest BCUT2D eigenvalue weighted by Gasteiger charge is -2.05. The fourth-order valence-electron chi connectivity index (χ4n) is 1.92. The van der Waals surface area contributed by atoms with Crippen LogP contribution in [-0.2, 0) is 11.2 Å². The summed E-state index contributed by atoms with van der Waals surface area (Å²) in [4.78, 5) is 11.7. The van der Waals surface area contributed by atoms with E-state index in [0.29, 0.717) is 24.2 Å². The van der Waals surface area contributed by atoms with E-state index in [1.807, 2.05) is 24.3 Å². The SMILES string of the molecule is Nc1ccccc1CCNC(=O)/C=C/c1ccccc1F. The predicted molar refractivity (Wildman–Crippen MR) is 83.0 cm³/mol. The van der Waals surface area contributed by atoms with Gasteiger partial charge in [-0.15, -0.1) is 0 Å². The molecule has 3 N–H and O–H groups in total. The standard InChI is InChI=1S/C17H17FN2O/c18-15-7-3-1-5-13(15)9-10-17(21)20-12-11-14-6-2-4-8-16(14)19/h1-10H,11-12,19H2,(H,20,21)/b10-9+. The van der Waals surface area contributed by atoms with E-state index in [2.05, 4.69) is 5.32 Å². The van der Waals surface area contributed by atoms with Crippen LogP contribution in [0.15, 0.2) is 54.6 Å². The molecule has 0 radical (unpaired) electrons. The molecule has 21 heavy (non-hydrogen) atoms. The molecule has 0 fully saturated rings. The lowest BCUT2D eigenvalue weighted by Crippen LogP contribution is -2.23. The van der Waals surface area contributed by atoms with Gasteiger partial charge in [-0.1, -0.05) is 36.4 Å². The third kappa shape index (κ3) is 4.45. The van der Waals surface area contributed by atoms with Crippen molar-refractivity contribution in [1.29, 1.82) is 0 Å². The van der Waals surface area contributed by atoms with Gasteiger partial charge in [-0.3, -0.25) is 4.79 Å². The molecular weight excluding hydrogens is 267 g/mol. The molecule has 0 heterocycles. The first-order valence-corrected chi connectivity index (χ1v) is 6.70. The Kier molecular flexibility index (Phi) is 5.10. The van der Waals surface area contributed by atoms with Gasteiger partial charge >= 0.3 is 0 Å². The number of carbonyl (C=O) groups is 1. The monoisotopic (exact) mass is 284 g/mol. The average Bonchev–Trinajstić information content (AvgIpc) is 2.48. The molecule has 4 heteroatoms. The number of benzene rings is 2. The number of hydrogen-bond donors (Lipinski definition) is 2. The molecule has 108 valence electrons. The Bertz CT molecular complexity index is 653. The largest absolute Gasteiger partial charge is 0.399 e. The van der Waals surface area contributed by atoms with E-state index in [9.17, 15) is 9.18 Å². The molecule has 0 aliphatic heterocycles. The van der Waals surface area contributed by atoms with Crippen molar-refractivity contribution in [3.8, 4) is 0 Å². The van der Waals surface area contributed by atoms with Crippen molar-refractivity contribution in [3.63, 3.8) is 0 Å². The number of nitrogens with one attached hydrogen (secondary N) is 1. The van der Waals surface area contributed by atoms with Crippen LogP contribution in [0.25, 0.3) is 6.08 Å². The summed E-state index contributed by atoms with van der Waals surface area (Å²) in [5.74, 6) is -0.605. The van der Waals surface area contributed by atoms with Crippen molar-refractivity contribution >= 4 is 17.7 Å². The second kappa shape index (κ2) is 7.24. The first-order valence-electron chi connectivity index (χ1n) is 6.70. The maximum atomic E-state index is 13.4. The van der Waals surface area contributed by atoms with E-state index in [4.69, 9.17) is 5.73 Å². The Morgan fingerprint density at radius 2 is 1.86 bits per heavy atom. The van der Waals surface area contributed by atoms with Crippen molar-refractivity contribution in [1.82, 2.24) is 5.32 Å². The topological polar surface area (TPSA) is 55.1 Å². The highest BCUT2D eigenvalue weighted by Crippen LogP contribution is 2.10. The van der Waals surface area contributed by atoms with Crippen molar-refractivity contribution in [3.05, 3.63) is 71.6 Å². The number of carbonyl (C=O) groups excluding carboxylic acids is 1. The molecule has 0 aliphatic carbocycles. The Labute approximate surface area is 123 Å². The van der Waals surface area contributed by atoms with Crippen LogP contribution in [0.2, 0.25) is 0 Å². The van der Waals surface area contributed by atoms with E-state index in [-0.39, 0.29) is 11.7 Å². The van der Waals surface area contributed by atoms with E-state index in [1.54, 1.807) is 18.2 Å². The molecule has 2 rings (SSSR count). The van der Waals surface area contributed by atoms with E-state index >= 15 is 0 Å². The first-order chi connectivity index (χ1) is 10.2. The summed E-state index contributed by atoms with van der Waals surface area (Å²) in [7, 11) is 0. The lowest BCUT2D eigenvalue weighted by atomic mass is 10.1. The predicted octanol–water partition coefficient (Wildman–Crippen LogP) is 2.78. The summed E-state index contributed by atoms with van der Waals surface area (Å²) < 4.78 is 13.4. The summed E-state index contributed by atoms with van der Waals surface area (Å²) in [6, 6.07) is 13.8. The van der Waals surface area contributed by atoms with E-state index in [0.717, 1.165) is 5.56 Å². The number of hydrogen-bond acceptors (Lipinski definition) is 2. The van der Waals surface area contributed by atoms with E-state index in [1.165, 1.54) is 18.2 Å². The van der Waals surface area contributed by atoms with Crippen LogP contribution in [0.3, 0.4) is 0 Å². The Hall–Kier alpha value is -2.62. The van der Waals surface area contributed by atoms with Gasteiger partial charge in [0.1, 0.15) is 5.82 Å². The van der Waals surface area contributed by atoms with Gasteiger partial charge in [0.25, 0.3) is 0 Å². The number of nitrogen functional groups attached to an aromatic ring is 1. The lowest BCUT2D eigenvalue weighted by molar-refractivity contribution is -0.116. The quantitative estimate of drug-likeness (QED) is 0.655. The fourth-order valence-corrected chi connectivity index (χ4v) is 1.92. The fraction of sp³-hybridized carbons (Fsp3) is 0.118. The van der Waals surface area contributed by atoms with E-state index < -0.39 is 0 Å². The normalized spacial score (nSPS) is 10.7. The minimum absolute atomic E-state index is 0.257. The zero-order valence-electron chi connectivity index (χ0n) is 11.6. The Morgan fingerprint density at radius 1 is 1.14 bits per heavy atom. The summed E-state index contributed by atoms with van der Waals surface area (Å²) in [6.45, 7) is 0.481. The minimum atomic E-state index is -0.349. The van der Waals surface area contributed by atoms with Gasteiger partial charge < -0.3 is 11.1 Å². The van der Waals surface area contributed by atoms with Gasteiger partial charge in [-0.2, -0.15) is 0 Å². The van der Waals surface area contributed by atoms with Crippen LogP contribution < -0.4 is 11.1 Å². The molecule has 0 aromatic heterocycles. The molecule has 2 aromatic carbocycles. The molecule has 0 unspecified atom stereocenters. The zero-order chi connectivity index (χ0) is 15.1.